The molecular formula is C18H12ClN5O. The van der Waals surface area contributed by atoms with Crippen molar-refractivity contribution in [3.05, 3.63) is 64.3 Å². The largest absolute Gasteiger partial charge is 0.334 e. The van der Waals surface area contributed by atoms with Crippen LogP contribution in [-0.4, -0.2) is 24.3 Å². The minimum Gasteiger partial charge on any atom is -0.334 e. The van der Waals surface area contributed by atoms with Gasteiger partial charge in [0, 0.05) is 18.3 Å². The average Bonchev–Trinajstić information content (AvgIpc) is 3.16. The molecule has 25 heavy (non-hydrogen) atoms. The van der Waals surface area contributed by atoms with E-state index >= 15 is 0 Å². The van der Waals surface area contributed by atoms with Gasteiger partial charge in [-0.3, -0.25) is 14.9 Å². The predicted octanol–water partition coefficient (Wildman–Crippen LogP) is 3.41. The first-order chi connectivity index (χ1) is 12.1. The van der Waals surface area contributed by atoms with Gasteiger partial charge in [0.2, 0.25) is 0 Å². The molecule has 7 heteroatoms. The highest BCUT2D eigenvalue weighted by molar-refractivity contribution is 6.30. The van der Waals surface area contributed by atoms with Crippen molar-refractivity contribution < 1.29 is 0 Å². The molecule has 0 aliphatic heterocycles. The van der Waals surface area contributed by atoms with Crippen LogP contribution in [0.15, 0.2) is 53.7 Å². The van der Waals surface area contributed by atoms with Crippen molar-refractivity contribution in [2.75, 3.05) is 0 Å². The van der Waals surface area contributed by atoms with E-state index in [-0.39, 0.29) is 5.56 Å². The Bertz CT molecular complexity index is 1330. The van der Waals surface area contributed by atoms with E-state index in [1.807, 2.05) is 23.7 Å². The number of pyridine rings is 1. The zero-order valence-electron chi connectivity index (χ0n) is 13.2. The van der Waals surface area contributed by atoms with Crippen molar-refractivity contribution in [2.45, 2.75) is 0 Å². The van der Waals surface area contributed by atoms with Gasteiger partial charge in [-0.1, -0.05) is 11.6 Å². The normalized spacial score (nSPS) is 11.8. The molecular weight excluding hydrogens is 338 g/mol. The van der Waals surface area contributed by atoms with Gasteiger partial charge < -0.3 is 4.57 Å². The summed E-state index contributed by atoms with van der Waals surface area (Å²) in [4.78, 5) is 21.8. The van der Waals surface area contributed by atoms with Crippen LogP contribution in [0.2, 0.25) is 5.02 Å². The van der Waals surface area contributed by atoms with Gasteiger partial charge in [0.05, 0.1) is 44.9 Å². The zero-order chi connectivity index (χ0) is 17.1. The smallest absolute Gasteiger partial charge is 0.280 e. The lowest BCUT2D eigenvalue weighted by molar-refractivity contribution is 0.865. The molecule has 0 aliphatic rings. The van der Waals surface area contributed by atoms with E-state index in [1.54, 1.807) is 36.8 Å². The molecule has 0 amide bonds. The van der Waals surface area contributed by atoms with Crippen molar-refractivity contribution in [3.63, 3.8) is 0 Å². The number of hydrogen-bond donors (Lipinski definition) is 1. The van der Waals surface area contributed by atoms with Crippen molar-refractivity contribution in [2.24, 2.45) is 7.05 Å². The molecule has 2 aromatic carbocycles. The number of imidazole rings is 1. The summed E-state index contributed by atoms with van der Waals surface area (Å²) in [6, 6.07) is 11.0. The fraction of sp³-hybridized carbons (Fsp3) is 0.0556. The number of halogens is 1. The van der Waals surface area contributed by atoms with Crippen LogP contribution in [0.1, 0.15) is 0 Å². The molecule has 0 unspecified atom stereocenters. The van der Waals surface area contributed by atoms with E-state index < -0.39 is 0 Å². The number of aromatic amines is 1. The van der Waals surface area contributed by atoms with Crippen LogP contribution in [0.5, 0.6) is 0 Å². The second kappa shape index (κ2) is 4.94. The molecule has 0 saturated carbocycles. The number of nitrogens with zero attached hydrogens (tertiary/aromatic N) is 4. The maximum absolute atomic E-state index is 12.8. The summed E-state index contributed by atoms with van der Waals surface area (Å²) >= 11 is 5.95. The SMILES string of the molecule is Cn1cnc2c3c(ccc21)ncc1c(=O)n(-c2ccc(Cl)cc2)[nH]c13. The van der Waals surface area contributed by atoms with Crippen molar-refractivity contribution in [1.82, 2.24) is 24.3 Å². The lowest BCUT2D eigenvalue weighted by Crippen LogP contribution is -2.13. The van der Waals surface area contributed by atoms with Gasteiger partial charge in [0.15, 0.2) is 0 Å². The molecule has 3 aromatic heterocycles. The van der Waals surface area contributed by atoms with Gasteiger partial charge in [-0.2, -0.15) is 0 Å². The van der Waals surface area contributed by atoms with Crippen LogP contribution in [0, 0.1) is 0 Å². The third-order valence-corrected chi connectivity index (χ3v) is 4.72. The highest BCUT2D eigenvalue weighted by atomic mass is 35.5. The molecule has 0 spiro atoms. The molecule has 122 valence electrons. The van der Waals surface area contributed by atoms with Crippen LogP contribution < -0.4 is 5.56 Å². The Kier molecular flexibility index (Phi) is 2.81. The topological polar surface area (TPSA) is 68.5 Å². The number of H-pyrrole nitrogens is 1. The zero-order valence-corrected chi connectivity index (χ0v) is 13.9. The molecule has 0 radical (unpaired) electrons. The van der Waals surface area contributed by atoms with Crippen LogP contribution in [0.4, 0.5) is 0 Å². The highest BCUT2D eigenvalue weighted by Gasteiger charge is 2.15. The third-order valence-electron chi connectivity index (χ3n) is 4.47. The summed E-state index contributed by atoms with van der Waals surface area (Å²) in [5.41, 5.74) is 3.90. The van der Waals surface area contributed by atoms with E-state index in [4.69, 9.17) is 11.6 Å². The number of rotatable bonds is 1. The highest BCUT2D eigenvalue weighted by Crippen LogP contribution is 2.28. The number of nitrogens with one attached hydrogen (secondary N) is 1. The first kappa shape index (κ1) is 14.2. The van der Waals surface area contributed by atoms with Gasteiger partial charge in [0.1, 0.15) is 0 Å². The Hall–Kier alpha value is -3.12. The second-order valence-electron chi connectivity index (χ2n) is 5.96. The van der Waals surface area contributed by atoms with Crippen LogP contribution >= 0.6 is 11.6 Å². The van der Waals surface area contributed by atoms with Crippen LogP contribution in [0.3, 0.4) is 0 Å². The summed E-state index contributed by atoms with van der Waals surface area (Å²) in [6.07, 6.45) is 3.37. The van der Waals surface area contributed by atoms with E-state index in [2.05, 4.69) is 15.1 Å². The first-order valence-electron chi connectivity index (χ1n) is 7.73. The fourth-order valence-corrected chi connectivity index (χ4v) is 3.34. The fourth-order valence-electron chi connectivity index (χ4n) is 3.21. The van der Waals surface area contributed by atoms with Gasteiger partial charge in [-0.25, -0.2) is 9.67 Å². The lowest BCUT2D eigenvalue weighted by Gasteiger charge is -2.02. The Morgan fingerprint density at radius 1 is 1.08 bits per heavy atom. The summed E-state index contributed by atoms with van der Waals surface area (Å²) in [5, 5.41) is 5.21. The Labute approximate surface area is 146 Å². The van der Waals surface area contributed by atoms with E-state index in [0.29, 0.717) is 16.1 Å². The molecule has 0 fully saturated rings. The quantitative estimate of drug-likeness (QED) is 0.504. The third kappa shape index (κ3) is 1.94. The van der Waals surface area contributed by atoms with Crippen molar-refractivity contribution in [3.8, 4) is 5.69 Å². The lowest BCUT2D eigenvalue weighted by atomic mass is 10.1. The van der Waals surface area contributed by atoms with Gasteiger partial charge in [-0.05, 0) is 36.4 Å². The minimum absolute atomic E-state index is 0.153. The summed E-state index contributed by atoms with van der Waals surface area (Å²) < 4.78 is 3.45. The molecule has 0 aliphatic carbocycles. The van der Waals surface area contributed by atoms with Crippen molar-refractivity contribution in [1.29, 1.82) is 0 Å². The minimum atomic E-state index is -0.153. The summed E-state index contributed by atoms with van der Waals surface area (Å²) in [5.74, 6) is 0. The van der Waals surface area contributed by atoms with E-state index in [1.165, 1.54) is 4.68 Å². The maximum atomic E-state index is 12.8. The molecule has 0 bridgehead atoms. The molecule has 6 nitrogen and oxygen atoms in total. The molecule has 3 heterocycles. The number of aromatic nitrogens is 5. The van der Waals surface area contributed by atoms with E-state index in [0.717, 1.165) is 27.5 Å². The van der Waals surface area contributed by atoms with Gasteiger partial charge >= 0.3 is 0 Å². The Morgan fingerprint density at radius 2 is 1.88 bits per heavy atom. The molecule has 0 saturated heterocycles. The predicted molar refractivity (Wildman–Crippen MR) is 98.5 cm³/mol. The Balaban J connectivity index is 1.93. The second-order valence-corrected chi connectivity index (χ2v) is 6.39. The van der Waals surface area contributed by atoms with Gasteiger partial charge in [-0.15, -0.1) is 0 Å². The van der Waals surface area contributed by atoms with Crippen LogP contribution in [0.25, 0.3) is 38.5 Å². The molecule has 1 N–H and O–H groups in total. The Morgan fingerprint density at radius 3 is 2.68 bits per heavy atom. The van der Waals surface area contributed by atoms with Crippen LogP contribution in [-0.2, 0) is 7.05 Å². The average molecular weight is 350 g/mol. The van der Waals surface area contributed by atoms with Crippen molar-refractivity contribution >= 4 is 44.4 Å². The number of hydrogen-bond acceptors (Lipinski definition) is 3. The molecule has 5 aromatic rings. The number of fused-ring (bicyclic) bond motifs is 5. The number of benzene rings is 2. The number of aryl methyl sites for hydroxylation is 1. The molecule has 0 atom stereocenters. The standard InChI is InChI=1S/C18H12ClN5O/c1-23-9-21-17-14(23)7-6-13-15(17)16-12(8-20-13)18(25)24(22-16)11-4-2-10(19)3-5-11/h2-9,22H,1H3. The maximum Gasteiger partial charge on any atom is 0.280 e. The monoisotopic (exact) mass is 349 g/mol. The first-order valence-corrected chi connectivity index (χ1v) is 8.11. The van der Waals surface area contributed by atoms with Gasteiger partial charge in [0.25, 0.3) is 5.56 Å². The molecule has 5 rings (SSSR count). The van der Waals surface area contributed by atoms with E-state index in [9.17, 15) is 4.79 Å². The summed E-state index contributed by atoms with van der Waals surface area (Å²) in [7, 11) is 1.94. The summed E-state index contributed by atoms with van der Waals surface area (Å²) in [6.45, 7) is 0.